The molecule has 29 heavy (non-hydrogen) atoms. The molecule has 0 radical (unpaired) electrons. The van der Waals surface area contributed by atoms with Crippen molar-refractivity contribution in [3.63, 3.8) is 0 Å². The molecule has 8 heteroatoms. The molecular weight excluding hydrogens is 404 g/mol. The molecule has 152 valence electrons. The lowest BCUT2D eigenvalue weighted by Gasteiger charge is -2.13. The largest absolute Gasteiger partial charge is 0.492 e. The molecule has 0 aliphatic heterocycles. The van der Waals surface area contributed by atoms with Crippen molar-refractivity contribution in [1.82, 2.24) is 10.2 Å². The quantitative estimate of drug-likeness (QED) is 0.467. The Hall–Kier alpha value is -2.58. The lowest BCUT2D eigenvalue weighted by atomic mass is 10.1. The summed E-state index contributed by atoms with van der Waals surface area (Å²) in [4.78, 5) is 12.6. The average Bonchev–Trinajstić information content (AvgIpc) is 3.13. The number of nitrogens with zero attached hydrogens (tertiary/aromatic N) is 2. The summed E-state index contributed by atoms with van der Waals surface area (Å²) in [7, 11) is 0. The summed E-state index contributed by atoms with van der Waals surface area (Å²) in [5.74, 6) is 0.704. The van der Waals surface area contributed by atoms with Gasteiger partial charge in [-0.2, -0.15) is 0 Å². The smallest absolute Gasteiger partial charge is 0.237 e. The predicted molar refractivity (Wildman–Crippen MR) is 121 cm³/mol. The molecule has 0 saturated heterocycles. The van der Waals surface area contributed by atoms with Crippen molar-refractivity contribution in [2.24, 2.45) is 0 Å². The maximum Gasteiger partial charge on any atom is 0.237 e. The van der Waals surface area contributed by atoms with Gasteiger partial charge in [0.1, 0.15) is 5.75 Å². The Balaban J connectivity index is 1.62. The van der Waals surface area contributed by atoms with Crippen LogP contribution in [0.2, 0.25) is 0 Å². The molecule has 1 unspecified atom stereocenters. The van der Waals surface area contributed by atoms with E-state index in [0.717, 1.165) is 32.6 Å². The van der Waals surface area contributed by atoms with E-state index in [1.807, 2.05) is 70.2 Å². The van der Waals surface area contributed by atoms with Gasteiger partial charge >= 0.3 is 0 Å². The number of thioether (sulfide) groups is 1. The first-order chi connectivity index (χ1) is 14.0. The number of carbonyl (C=O) groups is 1. The molecular formula is C21H24N4O2S2. The number of anilines is 3. The zero-order valence-corrected chi connectivity index (χ0v) is 18.5. The third-order valence-corrected chi connectivity index (χ3v) is 6.16. The predicted octanol–water partition coefficient (Wildman–Crippen LogP) is 5.42. The molecule has 2 aromatic carbocycles. The van der Waals surface area contributed by atoms with Gasteiger partial charge in [-0.1, -0.05) is 47.4 Å². The summed E-state index contributed by atoms with van der Waals surface area (Å²) in [6, 6.07) is 13.7. The van der Waals surface area contributed by atoms with Gasteiger partial charge in [-0.15, -0.1) is 10.2 Å². The Morgan fingerprint density at radius 2 is 1.97 bits per heavy atom. The third kappa shape index (κ3) is 5.71. The first-order valence-corrected chi connectivity index (χ1v) is 11.0. The van der Waals surface area contributed by atoms with E-state index in [1.54, 1.807) is 0 Å². The Labute approximate surface area is 179 Å². The standard InChI is InChI=1S/C21H24N4O2S2/c1-5-27-18-9-7-6-8-16(18)23-20-24-25-21(29-20)28-15(4)19(26)22-17-12-13(2)10-11-14(17)3/h6-12,15H,5H2,1-4H3,(H,22,26)(H,23,24). The lowest BCUT2D eigenvalue weighted by molar-refractivity contribution is -0.115. The zero-order chi connectivity index (χ0) is 20.8. The molecule has 0 bridgehead atoms. The van der Waals surface area contributed by atoms with E-state index in [9.17, 15) is 4.79 Å². The molecule has 6 nitrogen and oxygen atoms in total. The molecule has 2 N–H and O–H groups in total. The van der Waals surface area contributed by atoms with E-state index in [-0.39, 0.29) is 11.2 Å². The van der Waals surface area contributed by atoms with Gasteiger partial charge < -0.3 is 15.4 Å². The Bertz CT molecular complexity index is 990. The van der Waals surface area contributed by atoms with Crippen molar-refractivity contribution in [2.45, 2.75) is 37.3 Å². The molecule has 1 heterocycles. The highest BCUT2D eigenvalue weighted by Crippen LogP contribution is 2.33. The van der Waals surface area contributed by atoms with E-state index in [4.69, 9.17) is 4.74 Å². The summed E-state index contributed by atoms with van der Waals surface area (Å²) in [5.41, 5.74) is 3.83. The summed E-state index contributed by atoms with van der Waals surface area (Å²) in [6.07, 6.45) is 0. The Kier molecular flexibility index (Phi) is 7.11. The van der Waals surface area contributed by atoms with Crippen LogP contribution in [0.5, 0.6) is 5.75 Å². The molecule has 0 saturated carbocycles. The van der Waals surface area contributed by atoms with Crippen molar-refractivity contribution < 1.29 is 9.53 Å². The minimum absolute atomic E-state index is 0.0601. The van der Waals surface area contributed by atoms with Gasteiger partial charge in [0.25, 0.3) is 0 Å². The molecule has 3 aromatic rings. The second-order valence-corrected chi connectivity index (χ2v) is 9.06. The maximum atomic E-state index is 12.6. The summed E-state index contributed by atoms with van der Waals surface area (Å²) < 4.78 is 6.35. The van der Waals surface area contributed by atoms with E-state index in [0.29, 0.717) is 11.7 Å². The third-order valence-electron chi connectivity index (χ3n) is 4.13. The highest BCUT2D eigenvalue weighted by atomic mass is 32.2. The number of nitrogens with one attached hydrogen (secondary N) is 2. The van der Waals surface area contributed by atoms with Crippen LogP contribution >= 0.6 is 23.1 Å². The lowest BCUT2D eigenvalue weighted by Crippen LogP contribution is -2.22. The van der Waals surface area contributed by atoms with Crippen molar-refractivity contribution in [3.8, 4) is 5.75 Å². The van der Waals surface area contributed by atoms with Crippen LogP contribution in [0.1, 0.15) is 25.0 Å². The van der Waals surface area contributed by atoms with Crippen LogP contribution in [0.25, 0.3) is 0 Å². The SMILES string of the molecule is CCOc1ccccc1Nc1nnc(SC(C)C(=O)Nc2cc(C)ccc2C)s1. The highest BCUT2D eigenvalue weighted by molar-refractivity contribution is 8.02. The van der Waals surface area contributed by atoms with Crippen LogP contribution in [-0.4, -0.2) is 28.0 Å². The maximum absolute atomic E-state index is 12.6. The van der Waals surface area contributed by atoms with Crippen LogP contribution in [0.3, 0.4) is 0 Å². The van der Waals surface area contributed by atoms with E-state index in [1.165, 1.54) is 23.1 Å². The fourth-order valence-corrected chi connectivity index (χ4v) is 4.49. The van der Waals surface area contributed by atoms with E-state index in [2.05, 4.69) is 20.8 Å². The summed E-state index contributed by atoms with van der Waals surface area (Å²) in [5, 5.41) is 15.0. The van der Waals surface area contributed by atoms with Crippen LogP contribution in [0.15, 0.2) is 46.8 Å². The van der Waals surface area contributed by atoms with Crippen LogP contribution in [0, 0.1) is 13.8 Å². The molecule has 3 rings (SSSR count). The minimum atomic E-state index is -0.300. The van der Waals surface area contributed by atoms with Crippen molar-refractivity contribution in [1.29, 1.82) is 0 Å². The van der Waals surface area contributed by atoms with Gasteiger partial charge in [-0.05, 0) is 57.0 Å². The van der Waals surface area contributed by atoms with Crippen LogP contribution in [-0.2, 0) is 4.79 Å². The molecule has 0 spiro atoms. The number of hydrogen-bond donors (Lipinski definition) is 2. The number of benzene rings is 2. The van der Waals surface area contributed by atoms with Gasteiger partial charge in [-0.25, -0.2) is 0 Å². The first kappa shape index (κ1) is 21.1. The van der Waals surface area contributed by atoms with Gasteiger partial charge in [0, 0.05) is 5.69 Å². The fourth-order valence-electron chi connectivity index (χ4n) is 2.58. The second kappa shape index (κ2) is 9.76. The second-order valence-electron chi connectivity index (χ2n) is 6.50. The number of rotatable bonds is 8. The normalized spacial score (nSPS) is 11.7. The van der Waals surface area contributed by atoms with Gasteiger partial charge in [-0.3, -0.25) is 4.79 Å². The van der Waals surface area contributed by atoms with Gasteiger partial charge in [0.2, 0.25) is 11.0 Å². The molecule has 0 aliphatic carbocycles. The zero-order valence-electron chi connectivity index (χ0n) is 16.9. The summed E-state index contributed by atoms with van der Waals surface area (Å²) >= 11 is 2.79. The number of hydrogen-bond acceptors (Lipinski definition) is 7. The van der Waals surface area contributed by atoms with Crippen molar-refractivity contribution in [3.05, 3.63) is 53.6 Å². The Morgan fingerprint density at radius 3 is 2.76 bits per heavy atom. The van der Waals surface area contributed by atoms with E-state index < -0.39 is 0 Å². The summed E-state index contributed by atoms with van der Waals surface area (Å²) in [6.45, 7) is 8.39. The molecule has 1 atom stereocenters. The molecule has 1 aromatic heterocycles. The van der Waals surface area contributed by atoms with Gasteiger partial charge in [0.05, 0.1) is 17.5 Å². The van der Waals surface area contributed by atoms with Crippen molar-refractivity contribution in [2.75, 3.05) is 17.2 Å². The fraction of sp³-hybridized carbons (Fsp3) is 0.286. The van der Waals surface area contributed by atoms with Crippen LogP contribution < -0.4 is 15.4 Å². The number of aryl methyl sites for hydroxylation is 2. The molecule has 0 fully saturated rings. The molecule has 1 amide bonds. The number of carbonyl (C=O) groups excluding carboxylic acids is 1. The Morgan fingerprint density at radius 1 is 1.17 bits per heavy atom. The number of ether oxygens (including phenoxy) is 1. The first-order valence-electron chi connectivity index (χ1n) is 9.33. The molecule has 0 aliphatic rings. The van der Waals surface area contributed by atoms with Crippen molar-refractivity contribution >= 4 is 45.5 Å². The van der Waals surface area contributed by atoms with Gasteiger partial charge in [0.15, 0.2) is 4.34 Å². The highest BCUT2D eigenvalue weighted by Gasteiger charge is 2.18. The minimum Gasteiger partial charge on any atom is -0.492 e. The topological polar surface area (TPSA) is 76.1 Å². The average molecular weight is 429 g/mol. The van der Waals surface area contributed by atoms with E-state index >= 15 is 0 Å². The number of para-hydroxylation sites is 2. The monoisotopic (exact) mass is 428 g/mol. The number of amides is 1. The van der Waals surface area contributed by atoms with Crippen LogP contribution in [0.4, 0.5) is 16.5 Å². The number of aromatic nitrogens is 2.